The smallest absolute Gasteiger partial charge is 0.355 e. The summed E-state index contributed by atoms with van der Waals surface area (Å²) in [6.45, 7) is 5.94. The fraction of sp³-hybridized carbons (Fsp3) is 0.160. The molecule has 0 atom stereocenters. The van der Waals surface area contributed by atoms with Crippen LogP contribution >= 0.6 is 46.3 Å². The van der Waals surface area contributed by atoms with Crippen LogP contribution in [0.2, 0.25) is 10.0 Å². The van der Waals surface area contributed by atoms with E-state index < -0.39 is 5.97 Å². The van der Waals surface area contributed by atoms with Gasteiger partial charge in [0.2, 0.25) is 5.13 Å². The van der Waals surface area contributed by atoms with Gasteiger partial charge in [-0.1, -0.05) is 72.7 Å². The molecule has 6 nitrogen and oxygen atoms in total. The number of thiazole rings is 1. The summed E-state index contributed by atoms with van der Waals surface area (Å²) >= 11 is 15.4. The molecular weight excluding hydrogens is 525 g/mol. The van der Waals surface area contributed by atoms with Crippen molar-refractivity contribution in [2.24, 2.45) is 0 Å². The van der Waals surface area contributed by atoms with E-state index in [0.29, 0.717) is 43.5 Å². The van der Waals surface area contributed by atoms with Crippen LogP contribution in [0.1, 0.15) is 30.0 Å². The molecule has 3 aromatic heterocycles. The minimum atomic E-state index is -1.12. The molecule has 5 rings (SSSR count). The molecule has 1 N–H and O–H groups in total. The lowest BCUT2D eigenvalue weighted by molar-refractivity contribution is 0.0687. The Balaban J connectivity index is 1.69. The number of para-hydroxylation sites is 1. The number of benzene rings is 2. The Labute approximate surface area is 219 Å². The number of hydrogen-bond acceptors (Lipinski definition) is 6. The summed E-state index contributed by atoms with van der Waals surface area (Å²) in [5.41, 5.74) is 3.14. The first kappa shape index (κ1) is 23.9. The second-order valence-corrected chi connectivity index (χ2v) is 11.7. The molecule has 0 aliphatic carbocycles. The average Bonchev–Trinajstić information content (AvgIpc) is 3.49. The maximum atomic E-state index is 12.5. The highest BCUT2D eigenvalue weighted by molar-refractivity contribution is 8.01. The van der Waals surface area contributed by atoms with Crippen molar-refractivity contribution >= 4 is 63.2 Å². The van der Waals surface area contributed by atoms with Gasteiger partial charge in [0.25, 0.3) is 0 Å². The van der Waals surface area contributed by atoms with E-state index >= 15 is 0 Å². The highest BCUT2D eigenvalue weighted by Gasteiger charge is 2.28. The van der Waals surface area contributed by atoms with Crippen LogP contribution in [0.4, 0.5) is 0 Å². The second kappa shape index (κ2) is 9.35. The number of rotatable bonds is 6. The molecule has 0 aliphatic rings. The zero-order chi connectivity index (χ0) is 24.9. The molecule has 0 aliphatic heterocycles. The summed E-state index contributed by atoms with van der Waals surface area (Å²) in [5, 5.41) is 17.3. The van der Waals surface area contributed by atoms with E-state index in [1.165, 1.54) is 16.0 Å². The predicted octanol–water partition coefficient (Wildman–Crippen LogP) is 8.22. The van der Waals surface area contributed by atoms with E-state index in [9.17, 15) is 9.90 Å². The molecule has 3 heterocycles. The molecule has 0 unspecified atom stereocenters. The zero-order valence-electron chi connectivity index (χ0n) is 18.9. The van der Waals surface area contributed by atoms with E-state index in [0.717, 1.165) is 15.2 Å². The van der Waals surface area contributed by atoms with E-state index in [1.54, 1.807) is 30.8 Å². The van der Waals surface area contributed by atoms with Crippen LogP contribution in [-0.2, 0) is 0 Å². The fourth-order valence-electron chi connectivity index (χ4n) is 3.77. The fourth-order valence-corrected chi connectivity index (χ4v) is 6.55. The van der Waals surface area contributed by atoms with Crippen LogP contribution in [0.5, 0.6) is 0 Å². The van der Waals surface area contributed by atoms with Crippen molar-refractivity contribution in [3.63, 3.8) is 0 Å². The van der Waals surface area contributed by atoms with E-state index in [1.807, 2.05) is 36.4 Å². The molecule has 0 amide bonds. The van der Waals surface area contributed by atoms with Gasteiger partial charge in [0, 0.05) is 16.2 Å². The summed E-state index contributed by atoms with van der Waals surface area (Å²) in [5.74, 6) is -0.671. The molecule has 0 saturated heterocycles. The van der Waals surface area contributed by atoms with Crippen molar-refractivity contribution < 1.29 is 14.3 Å². The molecule has 0 saturated carbocycles. The second-order valence-electron chi connectivity index (χ2n) is 8.10. The van der Waals surface area contributed by atoms with Gasteiger partial charge in [0.05, 0.1) is 31.2 Å². The molecular formula is C25H19Cl2N3O3S2. The Hall–Kier alpha value is -2.78. The largest absolute Gasteiger partial charge is 0.476 e. The van der Waals surface area contributed by atoms with Crippen LogP contribution in [0.15, 0.2) is 57.2 Å². The van der Waals surface area contributed by atoms with Crippen molar-refractivity contribution in [1.29, 1.82) is 0 Å². The number of aryl methyl sites for hydroxylation is 1. The van der Waals surface area contributed by atoms with Crippen LogP contribution in [0.25, 0.3) is 38.7 Å². The maximum absolute atomic E-state index is 12.5. The highest BCUT2D eigenvalue weighted by atomic mass is 35.5. The minimum absolute atomic E-state index is 0.00269. The van der Waals surface area contributed by atoms with Crippen molar-refractivity contribution in [2.45, 2.75) is 30.2 Å². The summed E-state index contributed by atoms with van der Waals surface area (Å²) in [6.07, 6.45) is 0. The van der Waals surface area contributed by atoms with Crippen molar-refractivity contribution in [2.75, 3.05) is 0 Å². The number of nitrogens with zero attached hydrogens (tertiary/aromatic N) is 3. The number of aromatic carboxylic acids is 1. The van der Waals surface area contributed by atoms with Crippen LogP contribution < -0.4 is 0 Å². The van der Waals surface area contributed by atoms with Gasteiger partial charge in [-0.3, -0.25) is 0 Å². The topological polar surface area (TPSA) is 81.2 Å². The monoisotopic (exact) mass is 543 g/mol. The van der Waals surface area contributed by atoms with E-state index in [2.05, 4.69) is 18.9 Å². The van der Waals surface area contributed by atoms with Crippen LogP contribution in [0, 0.1) is 6.92 Å². The number of thioether (sulfide) groups is 1. The molecule has 5 aromatic rings. The third kappa shape index (κ3) is 4.47. The number of furan rings is 1. The van der Waals surface area contributed by atoms with Crippen LogP contribution in [-0.4, -0.2) is 31.1 Å². The van der Waals surface area contributed by atoms with Crippen LogP contribution in [0.3, 0.4) is 0 Å². The first-order chi connectivity index (χ1) is 16.7. The third-order valence-corrected chi connectivity index (χ3v) is 8.22. The lowest BCUT2D eigenvalue weighted by Gasteiger charge is -2.05. The molecule has 35 heavy (non-hydrogen) atoms. The quantitative estimate of drug-likeness (QED) is 0.217. The Kier molecular flexibility index (Phi) is 6.40. The zero-order valence-corrected chi connectivity index (χ0v) is 22.0. The number of carboxylic acids is 1. The average molecular weight is 544 g/mol. The minimum Gasteiger partial charge on any atom is -0.476 e. The van der Waals surface area contributed by atoms with E-state index in [-0.39, 0.29) is 10.9 Å². The van der Waals surface area contributed by atoms with Gasteiger partial charge in [0.15, 0.2) is 5.69 Å². The molecule has 0 fully saturated rings. The molecule has 10 heteroatoms. The number of fused-ring (bicyclic) bond motifs is 1. The summed E-state index contributed by atoms with van der Waals surface area (Å²) in [6, 6.07) is 14.7. The predicted molar refractivity (Wildman–Crippen MR) is 143 cm³/mol. The molecule has 0 bridgehead atoms. The van der Waals surface area contributed by atoms with Gasteiger partial charge in [-0.25, -0.2) is 9.78 Å². The first-order valence-electron chi connectivity index (χ1n) is 10.7. The molecule has 0 radical (unpaired) electrons. The normalized spacial score (nSPS) is 11.6. The third-order valence-electron chi connectivity index (χ3n) is 5.24. The number of halogens is 2. The Bertz CT molecular complexity index is 1550. The van der Waals surface area contributed by atoms with E-state index in [4.69, 9.17) is 32.6 Å². The first-order valence-corrected chi connectivity index (χ1v) is 13.1. The maximum Gasteiger partial charge on any atom is 0.355 e. The SMILES string of the molecule is Cc1nn(-c2nc(-c3ccc(Cl)c(Cl)c3)c(SC(C)C)s2)c(C(=O)O)c1-c1cc2ccccc2o1. The number of carbonyl (C=O) groups is 1. The summed E-state index contributed by atoms with van der Waals surface area (Å²) in [4.78, 5) is 17.3. The number of hydrogen-bond donors (Lipinski definition) is 1. The number of aromatic nitrogens is 3. The van der Waals surface area contributed by atoms with Gasteiger partial charge in [-0.2, -0.15) is 9.78 Å². The van der Waals surface area contributed by atoms with Gasteiger partial charge in [-0.05, 0) is 31.2 Å². The Morgan fingerprint density at radius 3 is 2.60 bits per heavy atom. The van der Waals surface area contributed by atoms with Gasteiger partial charge >= 0.3 is 5.97 Å². The summed E-state index contributed by atoms with van der Waals surface area (Å²) < 4.78 is 8.30. The van der Waals surface area contributed by atoms with Gasteiger partial charge < -0.3 is 9.52 Å². The standard InChI is InChI=1S/C25H19Cl2N3O3S2/c1-12(2)34-24-21(15-8-9-16(26)17(27)10-15)28-25(35-24)30-22(23(31)32)20(13(3)29-30)19-11-14-6-4-5-7-18(14)33-19/h4-12H,1-3H3,(H,31,32). The number of carboxylic acid groups (broad SMARTS) is 1. The lowest BCUT2D eigenvalue weighted by Crippen LogP contribution is -2.08. The summed E-state index contributed by atoms with van der Waals surface area (Å²) in [7, 11) is 0. The van der Waals surface area contributed by atoms with Crippen molar-refractivity contribution in [3.8, 4) is 27.7 Å². The van der Waals surface area contributed by atoms with Crippen molar-refractivity contribution in [1.82, 2.24) is 14.8 Å². The van der Waals surface area contributed by atoms with Gasteiger partial charge in [0.1, 0.15) is 11.3 Å². The molecule has 0 spiro atoms. The molecule has 178 valence electrons. The molecule has 2 aromatic carbocycles. The van der Waals surface area contributed by atoms with Gasteiger partial charge in [-0.15, -0.1) is 11.8 Å². The van der Waals surface area contributed by atoms with Crippen molar-refractivity contribution in [3.05, 3.63) is 70.0 Å². The Morgan fingerprint density at radius 1 is 1.14 bits per heavy atom. The highest BCUT2D eigenvalue weighted by Crippen LogP contribution is 2.42. The lowest BCUT2D eigenvalue weighted by atomic mass is 10.1. The Morgan fingerprint density at radius 2 is 1.91 bits per heavy atom.